The molecule has 1 amide bonds. The van der Waals surface area contributed by atoms with Crippen LogP contribution in [0.3, 0.4) is 0 Å². The summed E-state index contributed by atoms with van der Waals surface area (Å²) in [4.78, 5) is 20.4. The standard InChI is InChI=1S/C20H21F2N5O/c1-23-20(28)13-4-6-27-17(11-25-18(27)8-13)19-15(22)9-14(21)16(26-19)7-12-3-2-5-24-10-12/h4,6,8-9,11-12,24H,2-3,5,7,10H2,1H3,(H,23,28)/t12-/m0/s1. The molecule has 3 aromatic heterocycles. The van der Waals surface area contributed by atoms with Gasteiger partial charge in [-0.1, -0.05) is 0 Å². The number of imidazole rings is 1. The zero-order valence-corrected chi connectivity index (χ0v) is 15.5. The van der Waals surface area contributed by atoms with Gasteiger partial charge in [0.25, 0.3) is 5.91 Å². The predicted molar refractivity (Wildman–Crippen MR) is 101 cm³/mol. The fourth-order valence-electron chi connectivity index (χ4n) is 3.64. The highest BCUT2D eigenvalue weighted by Crippen LogP contribution is 2.26. The summed E-state index contributed by atoms with van der Waals surface area (Å²) in [5, 5.41) is 5.85. The van der Waals surface area contributed by atoms with E-state index in [2.05, 4.69) is 20.6 Å². The number of nitrogens with zero attached hydrogens (tertiary/aromatic N) is 3. The Bertz CT molecular complexity index is 1030. The number of hydrogen-bond donors (Lipinski definition) is 2. The minimum Gasteiger partial charge on any atom is -0.355 e. The van der Waals surface area contributed by atoms with Gasteiger partial charge < -0.3 is 10.6 Å². The van der Waals surface area contributed by atoms with E-state index in [-0.39, 0.29) is 23.2 Å². The van der Waals surface area contributed by atoms with Crippen LogP contribution in [-0.2, 0) is 6.42 Å². The van der Waals surface area contributed by atoms with Crippen LogP contribution in [0.15, 0.2) is 30.6 Å². The number of amides is 1. The quantitative estimate of drug-likeness (QED) is 0.724. The molecule has 3 aromatic rings. The zero-order chi connectivity index (χ0) is 19.7. The predicted octanol–water partition coefficient (Wildman–Crippen LogP) is 2.58. The zero-order valence-electron chi connectivity index (χ0n) is 15.5. The lowest BCUT2D eigenvalue weighted by Crippen LogP contribution is -2.31. The second-order valence-corrected chi connectivity index (χ2v) is 7.03. The van der Waals surface area contributed by atoms with E-state index in [4.69, 9.17) is 0 Å². The summed E-state index contributed by atoms with van der Waals surface area (Å²) in [5.74, 6) is -1.31. The molecule has 2 N–H and O–H groups in total. The summed E-state index contributed by atoms with van der Waals surface area (Å²) in [6, 6.07) is 4.12. The average Bonchev–Trinajstić information content (AvgIpc) is 3.13. The van der Waals surface area contributed by atoms with E-state index in [1.165, 1.54) is 6.20 Å². The highest BCUT2D eigenvalue weighted by atomic mass is 19.1. The summed E-state index contributed by atoms with van der Waals surface area (Å²) in [6.45, 7) is 1.78. The number of piperidine rings is 1. The van der Waals surface area contributed by atoms with Crippen molar-refractivity contribution in [3.63, 3.8) is 0 Å². The van der Waals surface area contributed by atoms with Crippen molar-refractivity contribution in [2.75, 3.05) is 20.1 Å². The van der Waals surface area contributed by atoms with Gasteiger partial charge in [-0.3, -0.25) is 9.20 Å². The van der Waals surface area contributed by atoms with Gasteiger partial charge in [0, 0.05) is 24.9 Å². The van der Waals surface area contributed by atoms with E-state index in [9.17, 15) is 13.6 Å². The molecule has 0 bridgehead atoms. The van der Waals surface area contributed by atoms with Crippen molar-refractivity contribution < 1.29 is 13.6 Å². The number of hydrogen-bond acceptors (Lipinski definition) is 4. The van der Waals surface area contributed by atoms with Crippen molar-refractivity contribution in [1.29, 1.82) is 0 Å². The maximum atomic E-state index is 14.5. The molecule has 0 aromatic carbocycles. The fourth-order valence-corrected chi connectivity index (χ4v) is 3.64. The molecule has 28 heavy (non-hydrogen) atoms. The van der Waals surface area contributed by atoms with E-state index >= 15 is 0 Å². The molecule has 1 atom stereocenters. The lowest BCUT2D eigenvalue weighted by Gasteiger charge is -2.22. The number of aromatic nitrogens is 3. The van der Waals surface area contributed by atoms with Crippen LogP contribution in [0.5, 0.6) is 0 Å². The maximum Gasteiger partial charge on any atom is 0.251 e. The van der Waals surface area contributed by atoms with Gasteiger partial charge >= 0.3 is 0 Å². The monoisotopic (exact) mass is 385 g/mol. The Kier molecular flexibility index (Phi) is 5.04. The van der Waals surface area contributed by atoms with Crippen molar-refractivity contribution in [3.8, 4) is 11.4 Å². The van der Waals surface area contributed by atoms with Gasteiger partial charge in [-0.15, -0.1) is 0 Å². The van der Waals surface area contributed by atoms with Crippen molar-refractivity contribution >= 4 is 11.6 Å². The lowest BCUT2D eigenvalue weighted by molar-refractivity contribution is 0.0963. The molecule has 1 fully saturated rings. The molecule has 1 saturated heterocycles. The average molecular weight is 385 g/mol. The summed E-state index contributed by atoms with van der Waals surface area (Å²) in [7, 11) is 1.55. The number of halogens is 2. The third-order valence-corrected chi connectivity index (χ3v) is 5.13. The molecule has 0 aliphatic carbocycles. The molecule has 1 aliphatic rings. The Balaban J connectivity index is 1.72. The first-order chi connectivity index (χ1) is 13.6. The molecular weight excluding hydrogens is 364 g/mol. The highest BCUT2D eigenvalue weighted by Gasteiger charge is 2.21. The number of nitrogens with one attached hydrogen (secondary N) is 2. The second kappa shape index (κ2) is 7.63. The van der Waals surface area contributed by atoms with Crippen LogP contribution in [0.4, 0.5) is 8.78 Å². The SMILES string of the molecule is CNC(=O)c1ccn2c(-c3nc(C[C@@H]4CCCNC4)c(F)cc3F)cnc2c1. The molecular formula is C20H21F2N5O. The number of carbonyl (C=O) groups excluding carboxylic acids is 1. The van der Waals surface area contributed by atoms with E-state index in [0.29, 0.717) is 23.3 Å². The summed E-state index contributed by atoms with van der Waals surface area (Å²) < 4.78 is 30.5. The third kappa shape index (κ3) is 3.47. The number of carbonyl (C=O) groups is 1. The molecule has 1 aliphatic heterocycles. The summed E-state index contributed by atoms with van der Waals surface area (Å²) in [6.07, 6.45) is 5.62. The molecule has 0 saturated carbocycles. The molecule has 4 heterocycles. The Hall–Kier alpha value is -2.87. The fraction of sp³-hybridized carbons (Fsp3) is 0.350. The van der Waals surface area contributed by atoms with Gasteiger partial charge in [-0.2, -0.15) is 0 Å². The minimum absolute atomic E-state index is 0.0559. The van der Waals surface area contributed by atoms with E-state index < -0.39 is 11.6 Å². The topological polar surface area (TPSA) is 71.3 Å². The van der Waals surface area contributed by atoms with Gasteiger partial charge in [-0.05, 0) is 50.4 Å². The molecule has 8 heteroatoms. The van der Waals surface area contributed by atoms with E-state index in [1.807, 2.05) is 0 Å². The van der Waals surface area contributed by atoms with Crippen LogP contribution in [0.25, 0.3) is 17.0 Å². The van der Waals surface area contributed by atoms with Crippen LogP contribution >= 0.6 is 0 Å². The molecule has 0 radical (unpaired) electrons. The summed E-state index contributed by atoms with van der Waals surface area (Å²) >= 11 is 0. The van der Waals surface area contributed by atoms with Crippen LogP contribution in [0, 0.1) is 17.6 Å². The van der Waals surface area contributed by atoms with E-state index in [1.54, 1.807) is 29.8 Å². The number of rotatable bonds is 4. The molecule has 6 nitrogen and oxygen atoms in total. The second-order valence-electron chi connectivity index (χ2n) is 7.03. The maximum absolute atomic E-state index is 14.5. The number of pyridine rings is 2. The van der Waals surface area contributed by atoms with Gasteiger partial charge in [-0.25, -0.2) is 18.7 Å². The Morgan fingerprint density at radius 2 is 2.21 bits per heavy atom. The Morgan fingerprint density at radius 1 is 1.36 bits per heavy atom. The highest BCUT2D eigenvalue weighted by molar-refractivity contribution is 5.94. The lowest BCUT2D eigenvalue weighted by atomic mass is 9.94. The van der Waals surface area contributed by atoms with E-state index in [0.717, 1.165) is 32.0 Å². The smallest absolute Gasteiger partial charge is 0.251 e. The van der Waals surface area contributed by atoms with Crippen LogP contribution in [0.2, 0.25) is 0 Å². The molecule has 146 valence electrons. The van der Waals surface area contributed by atoms with Crippen molar-refractivity contribution in [2.24, 2.45) is 5.92 Å². The normalized spacial score (nSPS) is 17.0. The van der Waals surface area contributed by atoms with Crippen molar-refractivity contribution in [3.05, 3.63) is 53.5 Å². The minimum atomic E-state index is -0.736. The van der Waals surface area contributed by atoms with Crippen molar-refractivity contribution in [1.82, 2.24) is 25.0 Å². The van der Waals surface area contributed by atoms with Gasteiger partial charge in [0.05, 0.1) is 17.6 Å². The van der Waals surface area contributed by atoms with Crippen molar-refractivity contribution in [2.45, 2.75) is 19.3 Å². The van der Waals surface area contributed by atoms with Gasteiger partial charge in [0.15, 0.2) is 5.82 Å². The Morgan fingerprint density at radius 3 is 2.96 bits per heavy atom. The first kappa shape index (κ1) is 18.5. The molecule has 0 spiro atoms. The third-order valence-electron chi connectivity index (χ3n) is 5.13. The van der Waals surface area contributed by atoms with Gasteiger partial charge in [0.1, 0.15) is 17.2 Å². The molecule has 0 unspecified atom stereocenters. The van der Waals surface area contributed by atoms with Gasteiger partial charge in [0.2, 0.25) is 0 Å². The molecule has 4 rings (SSSR count). The van der Waals surface area contributed by atoms with Crippen LogP contribution < -0.4 is 10.6 Å². The first-order valence-corrected chi connectivity index (χ1v) is 9.32. The first-order valence-electron chi connectivity index (χ1n) is 9.32. The van der Waals surface area contributed by atoms with Crippen LogP contribution in [-0.4, -0.2) is 40.4 Å². The summed E-state index contributed by atoms with van der Waals surface area (Å²) in [5.41, 5.74) is 1.67. The van der Waals surface area contributed by atoms with Crippen LogP contribution in [0.1, 0.15) is 28.9 Å². The largest absolute Gasteiger partial charge is 0.355 e. The number of fused-ring (bicyclic) bond motifs is 1. The Labute approximate surface area is 161 Å².